The molecule has 4 nitrogen and oxygen atoms in total. The summed E-state index contributed by atoms with van der Waals surface area (Å²) in [4.78, 5) is 11.9. The Balaban J connectivity index is 1.99. The highest BCUT2D eigenvalue weighted by Crippen LogP contribution is 2.37. The van der Waals surface area contributed by atoms with Crippen LogP contribution in [-0.2, 0) is 4.79 Å². The third kappa shape index (κ3) is 2.42. The number of carbonyl (C=O) groups is 1. The van der Waals surface area contributed by atoms with Gasteiger partial charge in [-0.05, 0) is 12.5 Å². The minimum Gasteiger partial charge on any atom is -0.480 e. The van der Waals surface area contributed by atoms with Crippen LogP contribution in [0.2, 0.25) is 0 Å². The Morgan fingerprint density at radius 2 is 2.24 bits per heavy atom. The van der Waals surface area contributed by atoms with E-state index in [2.05, 4.69) is 5.32 Å². The number of benzene rings is 1. The van der Waals surface area contributed by atoms with Crippen LogP contribution in [0.5, 0.6) is 5.75 Å². The smallest absolute Gasteiger partial charge is 0.261 e. The minimum atomic E-state index is -0.453. The molecule has 2 unspecified atom stereocenters. The molecule has 1 amide bonds. The first-order valence-electron chi connectivity index (χ1n) is 5.88. The van der Waals surface area contributed by atoms with Crippen molar-refractivity contribution in [2.45, 2.75) is 25.4 Å². The van der Waals surface area contributed by atoms with E-state index in [-0.39, 0.29) is 18.4 Å². The van der Waals surface area contributed by atoms with Crippen molar-refractivity contribution in [1.82, 2.24) is 5.32 Å². The van der Waals surface area contributed by atoms with E-state index >= 15 is 0 Å². The average Bonchev–Trinajstić information content (AvgIpc) is 2.68. The van der Waals surface area contributed by atoms with Gasteiger partial charge in [0.25, 0.3) is 5.91 Å². The Morgan fingerprint density at radius 1 is 1.47 bits per heavy atom. The summed E-state index contributed by atoms with van der Waals surface area (Å²) >= 11 is 0. The molecular weight excluding hydrogens is 218 g/mol. The zero-order chi connectivity index (χ0) is 12.3. The molecule has 2 rings (SSSR count). The molecule has 0 bridgehead atoms. The molecule has 0 fully saturated rings. The summed E-state index contributed by atoms with van der Waals surface area (Å²) in [5.74, 6) is 0.754. The molecule has 0 saturated carbocycles. The maximum atomic E-state index is 11.9. The summed E-state index contributed by atoms with van der Waals surface area (Å²) < 4.78 is 5.64. The summed E-state index contributed by atoms with van der Waals surface area (Å²) in [5, 5.41) is 11.4. The van der Waals surface area contributed by atoms with E-state index in [1.165, 1.54) is 0 Å². The van der Waals surface area contributed by atoms with Gasteiger partial charge in [0.2, 0.25) is 0 Å². The van der Waals surface area contributed by atoms with Gasteiger partial charge >= 0.3 is 0 Å². The van der Waals surface area contributed by atoms with Crippen LogP contribution in [0.25, 0.3) is 0 Å². The van der Waals surface area contributed by atoms with Gasteiger partial charge in [-0.25, -0.2) is 0 Å². The molecule has 1 aliphatic heterocycles. The lowest BCUT2D eigenvalue weighted by atomic mass is 9.97. The number of ether oxygens (including phenoxy) is 1. The maximum absolute atomic E-state index is 11.9. The molecule has 0 radical (unpaired) electrons. The second-order valence-electron chi connectivity index (χ2n) is 4.23. The highest BCUT2D eigenvalue weighted by molar-refractivity contribution is 5.83. The van der Waals surface area contributed by atoms with Gasteiger partial charge in [0.15, 0.2) is 6.10 Å². The Kier molecular flexibility index (Phi) is 3.64. The third-order valence-electron chi connectivity index (χ3n) is 3.01. The standard InChI is InChI=1S/C13H17NO3/c1-9-10-5-2-3-6-11(10)17-12(9)13(16)14-7-4-8-15/h2-3,5-6,9,12,15H,4,7-8H2,1H3,(H,14,16). The number of aliphatic hydroxyl groups excluding tert-OH is 1. The van der Waals surface area contributed by atoms with Crippen LogP contribution in [0.15, 0.2) is 24.3 Å². The van der Waals surface area contributed by atoms with Crippen molar-refractivity contribution < 1.29 is 14.6 Å². The van der Waals surface area contributed by atoms with Gasteiger partial charge in [-0.1, -0.05) is 25.1 Å². The predicted molar refractivity (Wildman–Crippen MR) is 64.0 cm³/mol. The summed E-state index contributed by atoms with van der Waals surface area (Å²) in [6, 6.07) is 7.72. The van der Waals surface area contributed by atoms with Gasteiger partial charge in [0.05, 0.1) is 0 Å². The molecule has 1 aromatic rings. The van der Waals surface area contributed by atoms with Crippen molar-refractivity contribution in [2.75, 3.05) is 13.2 Å². The molecule has 1 aromatic carbocycles. The van der Waals surface area contributed by atoms with Gasteiger partial charge < -0.3 is 15.2 Å². The van der Waals surface area contributed by atoms with Crippen molar-refractivity contribution >= 4 is 5.91 Å². The molecule has 0 spiro atoms. The first-order chi connectivity index (χ1) is 8.24. The molecule has 17 heavy (non-hydrogen) atoms. The Morgan fingerprint density at radius 3 is 2.94 bits per heavy atom. The summed E-state index contributed by atoms with van der Waals surface area (Å²) in [6.45, 7) is 2.56. The number of para-hydroxylation sites is 1. The zero-order valence-electron chi connectivity index (χ0n) is 9.85. The molecule has 92 valence electrons. The van der Waals surface area contributed by atoms with Crippen LogP contribution in [0.4, 0.5) is 0 Å². The Labute approximate surface area is 101 Å². The van der Waals surface area contributed by atoms with Crippen LogP contribution in [-0.4, -0.2) is 30.3 Å². The summed E-state index contributed by atoms with van der Waals surface area (Å²) in [6.07, 6.45) is 0.117. The fourth-order valence-electron chi connectivity index (χ4n) is 2.04. The van der Waals surface area contributed by atoms with Gasteiger partial charge in [-0.15, -0.1) is 0 Å². The van der Waals surface area contributed by atoms with Crippen LogP contribution in [0.3, 0.4) is 0 Å². The van der Waals surface area contributed by atoms with E-state index in [0.29, 0.717) is 13.0 Å². The van der Waals surface area contributed by atoms with E-state index in [4.69, 9.17) is 9.84 Å². The second kappa shape index (κ2) is 5.19. The number of carbonyl (C=O) groups excluding carboxylic acids is 1. The molecule has 0 aliphatic carbocycles. The number of nitrogens with one attached hydrogen (secondary N) is 1. The van der Waals surface area contributed by atoms with E-state index in [1.807, 2.05) is 31.2 Å². The van der Waals surface area contributed by atoms with Gasteiger partial charge in [-0.2, -0.15) is 0 Å². The second-order valence-corrected chi connectivity index (χ2v) is 4.23. The maximum Gasteiger partial charge on any atom is 0.261 e. The van der Waals surface area contributed by atoms with Crippen molar-refractivity contribution in [1.29, 1.82) is 0 Å². The highest BCUT2D eigenvalue weighted by Gasteiger charge is 2.35. The van der Waals surface area contributed by atoms with Gasteiger partial charge in [-0.3, -0.25) is 4.79 Å². The summed E-state index contributed by atoms with van der Waals surface area (Å²) in [5.41, 5.74) is 1.08. The van der Waals surface area contributed by atoms with E-state index in [1.54, 1.807) is 0 Å². The first kappa shape index (κ1) is 11.9. The molecule has 0 aromatic heterocycles. The van der Waals surface area contributed by atoms with Crippen molar-refractivity contribution in [3.05, 3.63) is 29.8 Å². The third-order valence-corrected chi connectivity index (χ3v) is 3.01. The lowest BCUT2D eigenvalue weighted by molar-refractivity contribution is -0.127. The number of rotatable bonds is 4. The topological polar surface area (TPSA) is 58.6 Å². The Hall–Kier alpha value is -1.55. The lowest BCUT2D eigenvalue weighted by Gasteiger charge is -2.14. The van der Waals surface area contributed by atoms with Crippen molar-refractivity contribution in [2.24, 2.45) is 0 Å². The van der Waals surface area contributed by atoms with Crippen LogP contribution >= 0.6 is 0 Å². The van der Waals surface area contributed by atoms with E-state index in [0.717, 1.165) is 11.3 Å². The number of amides is 1. The molecule has 4 heteroatoms. The number of hydrogen-bond donors (Lipinski definition) is 2. The lowest BCUT2D eigenvalue weighted by Crippen LogP contribution is -2.39. The molecule has 2 atom stereocenters. The SMILES string of the molecule is CC1c2ccccc2OC1C(=O)NCCCO. The number of fused-ring (bicyclic) bond motifs is 1. The van der Waals surface area contributed by atoms with Crippen LogP contribution in [0.1, 0.15) is 24.8 Å². The Bertz CT molecular complexity index is 405. The van der Waals surface area contributed by atoms with Crippen molar-refractivity contribution in [3.63, 3.8) is 0 Å². The molecular formula is C13H17NO3. The van der Waals surface area contributed by atoms with Crippen LogP contribution in [0, 0.1) is 0 Å². The first-order valence-corrected chi connectivity index (χ1v) is 5.88. The minimum absolute atomic E-state index is 0.0697. The molecule has 1 aliphatic rings. The van der Waals surface area contributed by atoms with Crippen LogP contribution < -0.4 is 10.1 Å². The van der Waals surface area contributed by atoms with Gasteiger partial charge in [0, 0.05) is 24.6 Å². The quantitative estimate of drug-likeness (QED) is 0.767. The number of aliphatic hydroxyl groups is 1. The highest BCUT2D eigenvalue weighted by atomic mass is 16.5. The molecule has 1 heterocycles. The van der Waals surface area contributed by atoms with Crippen molar-refractivity contribution in [3.8, 4) is 5.75 Å². The number of hydrogen-bond acceptors (Lipinski definition) is 3. The zero-order valence-corrected chi connectivity index (χ0v) is 9.85. The monoisotopic (exact) mass is 235 g/mol. The average molecular weight is 235 g/mol. The predicted octanol–water partition coefficient (Wildman–Crippen LogP) is 1.05. The largest absolute Gasteiger partial charge is 0.480 e. The normalized spacial score (nSPS) is 21.8. The van der Waals surface area contributed by atoms with Gasteiger partial charge in [0.1, 0.15) is 5.75 Å². The fourth-order valence-corrected chi connectivity index (χ4v) is 2.04. The van der Waals surface area contributed by atoms with E-state index in [9.17, 15) is 4.79 Å². The summed E-state index contributed by atoms with van der Waals surface area (Å²) in [7, 11) is 0. The van der Waals surface area contributed by atoms with E-state index < -0.39 is 6.10 Å². The fraction of sp³-hybridized carbons (Fsp3) is 0.462. The molecule has 2 N–H and O–H groups in total. The molecule has 0 saturated heterocycles.